The Morgan fingerprint density at radius 1 is 1.15 bits per heavy atom. The molecule has 1 nitrogen and oxygen atoms in total. The van der Waals surface area contributed by atoms with Crippen LogP contribution in [0.15, 0.2) is 36.9 Å². The standard InChI is InChI=1S/C14H18N.C2H6.C2H3.Ce/c1-13-6-4-7-14(12-13)8-5-11-15-9-2-3-10-15;2*1-2;/h4-8,11-12H,2-3,9-10H2,1H3;1-2H3;1H,2H2;/q+1;;-1;/b8-5+;;;. The number of aryl methyl sites for hydroxylation is 1. The van der Waals surface area contributed by atoms with E-state index in [0.29, 0.717) is 0 Å². The molecule has 0 radical (unpaired) electrons. The molecule has 1 fully saturated rings. The van der Waals surface area contributed by atoms with Gasteiger partial charge in [0.15, 0.2) is 6.21 Å². The molecule has 1 saturated heterocycles. The summed E-state index contributed by atoms with van der Waals surface area (Å²) in [6.07, 6.45) is 9.21. The molecular formula is C18H27CeN. The summed E-state index contributed by atoms with van der Waals surface area (Å²) < 4.78 is 2.38. The van der Waals surface area contributed by atoms with Gasteiger partial charge in [0.1, 0.15) is 13.1 Å². The van der Waals surface area contributed by atoms with Crippen LogP contribution in [0.2, 0.25) is 0 Å². The van der Waals surface area contributed by atoms with E-state index in [0.717, 1.165) is 0 Å². The fourth-order valence-corrected chi connectivity index (χ4v) is 1.94. The molecule has 0 saturated carbocycles. The third-order valence-corrected chi connectivity index (χ3v) is 2.77. The zero-order chi connectivity index (χ0) is 14.5. The molecule has 0 aliphatic carbocycles. The molecule has 1 aromatic rings. The van der Waals surface area contributed by atoms with Crippen LogP contribution in [0.3, 0.4) is 0 Å². The first kappa shape index (κ1) is 22.0. The molecule has 0 amide bonds. The Kier molecular flexibility index (Phi) is 16.7. The smallest absolute Gasteiger partial charge is 0.163 e. The van der Waals surface area contributed by atoms with Crippen molar-refractivity contribution < 1.29 is 46.3 Å². The van der Waals surface area contributed by atoms with E-state index in [2.05, 4.69) is 67.3 Å². The Bertz CT molecular complexity index is 400. The normalized spacial score (nSPS) is 12.7. The summed E-state index contributed by atoms with van der Waals surface area (Å²) in [5.41, 5.74) is 2.60. The monoisotopic (exact) mass is 397 g/mol. The largest absolute Gasteiger partial charge is 0.521 e. The molecule has 1 heterocycles. The van der Waals surface area contributed by atoms with E-state index in [1.807, 2.05) is 13.8 Å². The maximum Gasteiger partial charge on any atom is 0.163 e. The van der Waals surface area contributed by atoms with Crippen molar-refractivity contribution in [2.75, 3.05) is 13.1 Å². The minimum atomic E-state index is 0. The SMILES string of the molecule is CC.Cc1cccc(/C=C/C=[N+]2CCCC2)c1.[CH-]=C.[Ce]. The summed E-state index contributed by atoms with van der Waals surface area (Å²) in [4.78, 5) is 0. The average molecular weight is 398 g/mol. The van der Waals surface area contributed by atoms with Crippen LogP contribution in [0.1, 0.15) is 37.8 Å². The van der Waals surface area contributed by atoms with Crippen molar-refractivity contribution in [1.29, 1.82) is 0 Å². The van der Waals surface area contributed by atoms with E-state index in [4.69, 9.17) is 0 Å². The molecule has 2 rings (SSSR count). The van der Waals surface area contributed by atoms with Crippen LogP contribution < -0.4 is 0 Å². The summed E-state index contributed by atoms with van der Waals surface area (Å²) >= 11 is 0. The van der Waals surface area contributed by atoms with E-state index in [1.165, 1.54) is 37.1 Å². The van der Waals surface area contributed by atoms with Crippen LogP contribution in [0.4, 0.5) is 0 Å². The van der Waals surface area contributed by atoms with Gasteiger partial charge in [0.05, 0.1) is 0 Å². The van der Waals surface area contributed by atoms with E-state index in [-0.39, 0.29) is 41.7 Å². The molecular weight excluding hydrogens is 370 g/mol. The molecule has 2 heteroatoms. The second-order valence-electron chi connectivity index (χ2n) is 4.17. The molecule has 1 aromatic carbocycles. The summed E-state index contributed by atoms with van der Waals surface area (Å²) in [7, 11) is 0. The second kappa shape index (κ2) is 15.1. The summed E-state index contributed by atoms with van der Waals surface area (Å²) in [5.74, 6) is 0. The molecule has 0 bridgehead atoms. The Morgan fingerprint density at radius 3 is 2.30 bits per heavy atom. The number of nitrogens with zero attached hydrogens (tertiary/aromatic N) is 1. The van der Waals surface area contributed by atoms with Crippen molar-refractivity contribution in [2.24, 2.45) is 0 Å². The van der Waals surface area contributed by atoms with Gasteiger partial charge in [-0.15, -0.1) is 0 Å². The molecule has 20 heavy (non-hydrogen) atoms. The van der Waals surface area contributed by atoms with E-state index in [9.17, 15) is 0 Å². The van der Waals surface area contributed by atoms with E-state index < -0.39 is 0 Å². The van der Waals surface area contributed by atoms with Crippen molar-refractivity contribution in [2.45, 2.75) is 33.6 Å². The maximum absolute atomic E-state index is 4.25. The van der Waals surface area contributed by atoms with Crippen molar-refractivity contribution in [3.05, 3.63) is 54.6 Å². The van der Waals surface area contributed by atoms with Crippen LogP contribution in [-0.4, -0.2) is 23.9 Å². The Balaban J connectivity index is 0. The van der Waals surface area contributed by atoms with Gasteiger partial charge in [0, 0.05) is 60.7 Å². The predicted molar refractivity (Wildman–Crippen MR) is 86.8 cm³/mol. The van der Waals surface area contributed by atoms with Gasteiger partial charge in [-0.1, -0.05) is 43.7 Å². The van der Waals surface area contributed by atoms with Gasteiger partial charge in [0.2, 0.25) is 0 Å². The zero-order valence-electron chi connectivity index (χ0n) is 13.1. The molecule has 0 N–H and O–H groups in total. The van der Waals surface area contributed by atoms with Crippen molar-refractivity contribution in [3.63, 3.8) is 0 Å². The molecule has 0 atom stereocenters. The Hall–Kier alpha value is -0.253. The first-order valence-electron chi connectivity index (χ1n) is 7.08. The number of allylic oxidation sites excluding steroid dienone is 1. The van der Waals surface area contributed by atoms with Gasteiger partial charge in [-0.2, -0.15) is 0 Å². The van der Waals surface area contributed by atoms with Crippen LogP contribution in [0.5, 0.6) is 0 Å². The van der Waals surface area contributed by atoms with Crippen LogP contribution in [-0.2, 0) is 0 Å². The number of hydrogen-bond acceptors (Lipinski definition) is 0. The third kappa shape index (κ3) is 9.62. The fourth-order valence-electron chi connectivity index (χ4n) is 1.94. The van der Waals surface area contributed by atoms with Gasteiger partial charge < -0.3 is 6.58 Å². The second-order valence-corrected chi connectivity index (χ2v) is 4.17. The maximum atomic E-state index is 4.25. The summed E-state index contributed by atoms with van der Waals surface area (Å²) in [6.45, 7) is 15.6. The van der Waals surface area contributed by atoms with Gasteiger partial charge in [-0.3, -0.25) is 6.58 Å². The fraction of sp³-hybridized carbons (Fsp3) is 0.389. The first-order valence-corrected chi connectivity index (χ1v) is 7.08. The van der Waals surface area contributed by atoms with Crippen LogP contribution >= 0.6 is 0 Å². The van der Waals surface area contributed by atoms with E-state index in [1.54, 1.807) is 0 Å². The molecule has 1 aliphatic heterocycles. The van der Waals surface area contributed by atoms with E-state index >= 15 is 0 Å². The third-order valence-electron chi connectivity index (χ3n) is 2.77. The predicted octanol–water partition coefficient (Wildman–Crippen LogP) is 4.52. The summed E-state index contributed by atoms with van der Waals surface area (Å²) in [5, 5.41) is 0. The minimum Gasteiger partial charge on any atom is -0.521 e. The molecule has 0 spiro atoms. The minimum absolute atomic E-state index is 0. The van der Waals surface area contributed by atoms with Crippen LogP contribution in [0, 0.1) is 55.2 Å². The molecule has 0 aromatic heterocycles. The molecule has 0 unspecified atom stereocenters. The Labute approximate surface area is 158 Å². The number of rotatable bonds is 2. The van der Waals surface area contributed by atoms with Gasteiger partial charge >= 0.3 is 0 Å². The quantitative estimate of drug-likeness (QED) is 0.510. The van der Waals surface area contributed by atoms with Crippen LogP contribution in [0.25, 0.3) is 6.08 Å². The molecule has 1 aliphatic rings. The van der Waals surface area contributed by atoms with Crippen molar-refractivity contribution >= 4 is 12.3 Å². The molecule has 108 valence electrons. The van der Waals surface area contributed by atoms with Crippen molar-refractivity contribution in [1.82, 2.24) is 0 Å². The van der Waals surface area contributed by atoms with Gasteiger partial charge in [-0.25, -0.2) is 4.58 Å². The summed E-state index contributed by atoms with van der Waals surface area (Å²) in [6, 6.07) is 8.57. The zero-order valence-corrected chi connectivity index (χ0v) is 16.2. The topological polar surface area (TPSA) is 3.01 Å². The number of hydrogen-bond donors (Lipinski definition) is 0. The van der Waals surface area contributed by atoms with Crippen molar-refractivity contribution in [3.8, 4) is 0 Å². The number of benzene rings is 1. The first-order chi connectivity index (χ1) is 9.34. The van der Waals surface area contributed by atoms with Gasteiger partial charge in [0.25, 0.3) is 0 Å². The average Bonchev–Trinajstić information content (AvgIpc) is 2.97. The van der Waals surface area contributed by atoms with Gasteiger partial charge in [-0.05, 0) is 18.6 Å². The Morgan fingerprint density at radius 2 is 1.75 bits per heavy atom.